The van der Waals surface area contributed by atoms with Crippen LogP contribution in [0, 0.1) is 5.82 Å². The summed E-state index contributed by atoms with van der Waals surface area (Å²) in [6, 6.07) is 17.0. The van der Waals surface area contributed by atoms with Crippen LogP contribution in [-0.4, -0.2) is 17.2 Å². The molecule has 1 amide bonds. The van der Waals surface area contributed by atoms with Crippen molar-refractivity contribution >= 4 is 11.8 Å². The van der Waals surface area contributed by atoms with Gasteiger partial charge in [0.2, 0.25) is 5.88 Å². The molecule has 1 atom stereocenters. The topological polar surface area (TPSA) is 64.4 Å². The molecule has 3 aromatic rings. The SMILES string of the molecule is CC[C@@H](Oc1ccccc1F)C(=O)Nc1cc(-c2ccccc2)no1. The molecule has 1 heterocycles. The Morgan fingerprint density at radius 1 is 1.20 bits per heavy atom. The summed E-state index contributed by atoms with van der Waals surface area (Å²) in [4.78, 5) is 12.4. The third-order valence-electron chi connectivity index (χ3n) is 3.60. The van der Waals surface area contributed by atoms with Crippen LogP contribution in [0.2, 0.25) is 0 Å². The van der Waals surface area contributed by atoms with E-state index in [9.17, 15) is 9.18 Å². The molecule has 0 saturated heterocycles. The highest BCUT2D eigenvalue weighted by Gasteiger charge is 2.21. The molecule has 0 fully saturated rings. The van der Waals surface area contributed by atoms with Gasteiger partial charge in [-0.1, -0.05) is 54.5 Å². The van der Waals surface area contributed by atoms with Crippen LogP contribution >= 0.6 is 0 Å². The molecule has 0 unspecified atom stereocenters. The van der Waals surface area contributed by atoms with Gasteiger partial charge in [-0.05, 0) is 18.6 Å². The molecule has 6 heteroatoms. The zero-order chi connectivity index (χ0) is 17.6. The van der Waals surface area contributed by atoms with Gasteiger partial charge < -0.3 is 9.26 Å². The normalized spacial score (nSPS) is 11.8. The summed E-state index contributed by atoms with van der Waals surface area (Å²) in [5, 5.41) is 6.54. The van der Waals surface area contributed by atoms with Gasteiger partial charge in [-0.25, -0.2) is 4.39 Å². The van der Waals surface area contributed by atoms with Crippen LogP contribution in [0.25, 0.3) is 11.3 Å². The van der Waals surface area contributed by atoms with Gasteiger partial charge in [-0.15, -0.1) is 0 Å². The summed E-state index contributed by atoms with van der Waals surface area (Å²) in [7, 11) is 0. The molecule has 0 saturated carbocycles. The number of nitrogens with one attached hydrogen (secondary N) is 1. The van der Waals surface area contributed by atoms with Gasteiger partial charge in [0.15, 0.2) is 17.7 Å². The fourth-order valence-electron chi connectivity index (χ4n) is 2.30. The van der Waals surface area contributed by atoms with Crippen molar-refractivity contribution in [3.63, 3.8) is 0 Å². The van der Waals surface area contributed by atoms with E-state index in [1.54, 1.807) is 25.1 Å². The number of hydrogen-bond donors (Lipinski definition) is 1. The number of carbonyl (C=O) groups is 1. The first-order chi connectivity index (χ1) is 12.2. The zero-order valence-corrected chi connectivity index (χ0v) is 13.6. The van der Waals surface area contributed by atoms with Crippen molar-refractivity contribution in [1.29, 1.82) is 0 Å². The van der Waals surface area contributed by atoms with E-state index in [1.165, 1.54) is 12.1 Å². The Balaban J connectivity index is 1.68. The molecule has 25 heavy (non-hydrogen) atoms. The van der Waals surface area contributed by atoms with Crippen molar-refractivity contribution in [2.45, 2.75) is 19.4 Å². The minimum Gasteiger partial charge on any atom is -0.478 e. The molecular formula is C19H17FN2O3. The number of carbonyl (C=O) groups excluding carboxylic acids is 1. The standard InChI is InChI=1S/C19H17FN2O3/c1-2-16(24-17-11-7-6-10-14(17)20)19(23)21-18-12-15(22-25-18)13-8-4-3-5-9-13/h3-12,16H,2H2,1H3,(H,21,23)/t16-/m1/s1. The van der Waals surface area contributed by atoms with Gasteiger partial charge in [0.1, 0.15) is 5.69 Å². The van der Waals surface area contributed by atoms with Crippen LogP contribution in [0.4, 0.5) is 10.3 Å². The quantitative estimate of drug-likeness (QED) is 0.727. The number of halogens is 1. The smallest absolute Gasteiger partial charge is 0.267 e. The lowest BCUT2D eigenvalue weighted by atomic mass is 10.1. The number of para-hydroxylation sites is 1. The van der Waals surface area contributed by atoms with Gasteiger partial charge in [0, 0.05) is 11.6 Å². The first-order valence-corrected chi connectivity index (χ1v) is 7.91. The average Bonchev–Trinajstić information content (AvgIpc) is 3.10. The first kappa shape index (κ1) is 16.7. The summed E-state index contributed by atoms with van der Waals surface area (Å²) in [5.41, 5.74) is 1.49. The maximum Gasteiger partial charge on any atom is 0.267 e. The third-order valence-corrected chi connectivity index (χ3v) is 3.60. The second-order valence-corrected chi connectivity index (χ2v) is 5.38. The molecule has 0 spiro atoms. The van der Waals surface area contributed by atoms with E-state index in [0.717, 1.165) is 5.56 Å². The maximum atomic E-state index is 13.7. The van der Waals surface area contributed by atoms with Gasteiger partial charge >= 0.3 is 0 Å². The summed E-state index contributed by atoms with van der Waals surface area (Å²) < 4.78 is 24.3. The van der Waals surface area contributed by atoms with Gasteiger partial charge in [0.05, 0.1) is 0 Å². The van der Waals surface area contributed by atoms with Crippen molar-refractivity contribution in [3.8, 4) is 17.0 Å². The van der Waals surface area contributed by atoms with Crippen LogP contribution in [0.5, 0.6) is 5.75 Å². The Bertz CT molecular complexity index is 849. The van der Waals surface area contributed by atoms with E-state index in [0.29, 0.717) is 12.1 Å². The van der Waals surface area contributed by atoms with Crippen molar-refractivity contribution in [2.24, 2.45) is 0 Å². The summed E-state index contributed by atoms with van der Waals surface area (Å²) in [6.45, 7) is 1.78. The van der Waals surface area contributed by atoms with E-state index in [4.69, 9.17) is 9.26 Å². The third kappa shape index (κ3) is 4.03. The summed E-state index contributed by atoms with van der Waals surface area (Å²) in [5.74, 6) is -0.701. The molecule has 0 aliphatic rings. The van der Waals surface area contributed by atoms with Gasteiger partial charge in [-0.2, -0.15) is 0 Å². The number of benzene rings is 2. The van der Waals surface area contributed by atoms with Crippen molar-refractivity contribution < 1.29 is 18.4 Å². The van der Waals surface area contributed by atoms with E-state index >= 15 is 0 Å². The molecule has 0 aliphatic heterocycles. The zero-order valence-electron chi connectivity index (χ0n) is 13.6. The lowest BCUT2D eigenvalue weighted by molar-refractivity contribution is -0.123. The predicted octanol–water partition coefficient (Wildman–Crippen LogP) is 4.28. The van der Waals surface area contributed by atoms with Gasteiger partial charge in [0.25, 0.3) is 5.91 Å². The Kier molecular flexibility index (Phi) is 5.09. The molecule has 5 nitrogen and oxygen atoms in total. The minimum absolute atomic E-state index is 0.0343. The molecule has 0 bridgehead atoms. The predicted molar refractivity (Wildman–Crippen MR) is 91.7 cm³/mol. The van der Waals surface area contributed by atoms with E-state index in [2.05, 4.69) is 10.5 Å². The first-order valence-electron chi connectivity index (χ1n) is 7.91. The molecule has 1 aromatic heterocycles. The fraction of sp³-hybridized carbons (Fsp3) is 0.158. The lowest BCUT2D eigenvalue weighted by Crippen LogP contribution is -2.32. The van der Waals surface area contributed by atoms with Crippen LogP contribution in [0.3, 0.4) is 0 Å². The second-order valence-electron chi connectivity index (χ2n) is 5.38. The highest BCUT2D eigenvalue weighted by molar-refractivity contribution is 5.93. The Hall–Kier alpha value is -3.15. The monoisotopic (exact) mass is 340 g/mol. The Morgan fingerprint density at radius 2 is 1.92 bits per heavy atom. The highest BCUT2D eigenvalue weighted by Crippen LogP contribution is 2.22. The van der Waals surface area contributed by atoms with Crippen LogP contribution in [0.1, 0.15) is 13.3 Å². The lowest BCUT2D eigenvalue weighted by Gasteiger charge is -2.16. The molecule has 0 radical (unpaired) electrons. The largest absolute Gasteiger partial charge is 0.478 e. The molecule has 128 valence electrons. The fourth-order valence-corrected chi connectivity index (χ4v) is 2.30. The number of aromatic nitrogens is 1. The number of amides is 1. The highest BCUT2D eigenvalue weighted by atomic mass is 19.1. The Labute approximate surface area is 144 Å². The molecule has 3 rings (SSSR count). The number of ether oxygens (including phenoxy) is 1. The molecule has 0 aliphatic carbocycles. The second kappa shape index (κ2) is 7.61. The number of rotatable bonds is 6. The summed E-state index contributed by atoms with van der Waals surface area (Å²) in [6.07, 6.45) is -0.470. The minimum atomic E-state index is -0.845. The van der Waals surface area contributed by atoms with Crippen molar-refractivity contribution in [3.05, 3.63) is 66.5 Å². The maximum absolute atomic E-state index is 13.7. The van der Waals surface area contributed by atoms with Crippen molar-refractivity contribution in [2.75, 3.05) is 5.32 Å². The number of nitrogens with zero attached hydrogens (tertiary/aromatic N) is 1. The van der Waals surface area contributed by atoms with Crippen LogP contribution in [-0.2, 0) is 4.79 Å². The number of anilines is 1. The van der Waals surface area contributed by atoms with Gasteiger partial charge in [-0.3, -0.25) is 10.1 Å². The summed E-state index contributed by atoms with van der Waals surface area (Å²) >= 11 is 0. The van der Waals surface area contributed by atoms with E-state index < -0.39 is 17.8 Å². The van der Waals surface area contributed by atoms with Crippen molar-refractivity contribution in [1.82, 2.24) is 5.16 Å². The Morgan fingerprint density at radius 3 is 2.64 bits per heavy atom. The van der Waals surface area contributed by atoms with Crippen LogP contribution < -0.4 is 10.1 Å². The van der Waals surface area contributed by atoms with Crippen LogP contribution in [0.15, 0.2) is 65.2 Å². The molecule has 2 aromatic carbocycles. The average molecular weight is 340 g/mol. The number of hydrogen-bond acceptors (Lipinski definition) is 4. The van der Waals surface area contributed by atoms with E-state index in [1.807, 2.05) is 30.3 Å². The van der Waals surface area contributed by atoms with E-state index in [-0.39, 0.29) is 11.6 Å². The molecular weight excluding hydrogens is 323 g/mol. The molecule has 1 N–H and O–H groups in total.